The van der Waals surface area contributed by atoms with E-state index in [2.05, 4.69) is 26.0 Å². The van der Waals surface area contributed by atoms with Gasteiger partial charge in [-0.05, 0) is 19.8 Å². The van der Waals surface area contributed by atoms with Gasteiger partial charge in [-0.2, -0.15) is 0 Å². The SMILES string of the molecule is [CH2]/C=C/C/C=C/CC. The van der Waals surface area contributed by atoms with Gasteiger partial charge >= 0.3 is 0 Å². The summed E-state index contributed by atoms with van der Waals surface area (Å²) in [6.45, 7) is 5.70. The maximum Gasteiger partial charge on any atom is -0.0169 e. The van der Waals surface area contributed by atoms with Gasteiger partial charge in [-0.3, -0.25) is 0 Å². The number of allylic oxidation sites excluding steroid dienone is 4. The average Bonchev–Trinajstić information content (AvgIpc) is 1.81. The van der Waals surface area contributed by atoms with E-state index < -0.39 is 0 Å². The minimum absolute atomic E-state index is 1.03. The van der Waals surface area contributed by atoms with Crippen molar-refractivity contribution in [3.8, 4) is 0 Å². The van der Waals surface area contributed by atoms with E-state index in [4.69, 9.17) is 0 Å². The van der Waals surface area contributed by atoms with Crippen LogP contribution in [0.15, 0.2) is 24.3 Å². The Morgan fingerprint density at radius 3 is 2.50 bits per heavy atom. The highest BCUT2D eigenvalue weighted by Gasteiger charge is 1.65. The Kier molecular flexibility index (Phi) is 6.06. The summed E-state index contributed by atoms with van der Waals surface area (Å²) in [5.41, 5.74) is 0. The Morgan fingerprint density at radius 2 is 2.00 bits per heavy atom. The molecule has 0 bridgehead atoms. The monoisotopic (exact) mass is 109 g/mol. The minimum Gasteiger partial charge on any atom is -0.0885 e. The van der Waals surface area contributed by atoms with Crippen LogP contribution in [0, 0.1) is 6.92 Å². The molecule has 45 valence electrons. The third kappa shape index (κ3) is 5.48. The molecule has 0 N–H and O–H groups in total. The summed E-state index contributed by atoms with van der Waals surface area (Å²) >= 11 is 0. The molecule has 8 heavy (non-hydrogen) atoms. The van der Waals surface area contributed by atoms with Gasteiger partial charge < -0.3 is 0 Å². The van der Waals surface area contributed by atoms with Crippen LogP contribution in [-0.4, -0.2) is 0 Å². The first-order valence-electron chi connectivity index (χ1n) is 3.01. The average molecular weight is 109 g/mol. The topological polar surface area (TPSA) is 0 Å². The summed E-state index contributed by atoms with van der Waals surface area (Å²) < 4.78 is 0. The molecule has 0 aliphatic heterocycles. The van der Waals surface area contributed by atoms with Crippen molar-refractivity contribution >= 4 is 0 Å². The van der Waals surface area contributed by atoms with E-state index in [1.54, 1.807) is 0 Å². The van der Waals surface area contributed by atoms with Crippen molar-refractivity contribution in [1.29, 1.82) is 0 Å². The Bertz CT molecular complexity index is 78.0. The van der Waals surface area contributed by atoms with Crippen LogP contribution in [0.4, 0.5) is 0 Å². The Balaban J connectivity index is 3.03. The van der Waals surface area contributed by atoms with Gasteiger partial charge in [0.15, 0.2) is 0 Å². The molecule has 0 aromatic heterocycles. The molecule has 0 aliphatic carbocycles. The Morgan fingerprint density at radius 1 is 1.25 bits per heavy atom. The lowest BCUT2D eigenvalue weighted by Gasteiger charge is -1.77. The molecule has 1 radical (unpaired) electrons. The highest BCUT2D eigenvalue weighted by Crippen LogP contribution is 1.86. The summed E-state index contributed by atoms with van der Waals surface area (Å²) in [6, 6.07) is 0. The van der Waals surface area contributed by atoms with Crippen LogP contribution in [-0.2, 0) is 0 Å². The lowest BCUT2D eigenvalue weighted by atomic mass is 10.3. The zero-order chi connectivity index (χ0) is 6.24. The third-order valence-electron chi connectivity index (χ3n) is 0.841. The first-order chi connectivity index (χ1) is 3.91. The number of hydrogen-bond donors (Lipinski definition) is 0. The summed E-state index contributed by atoms with van der Waals surface area (Å²) in [5.74, 6) is 0. The van der Waals surface area contributed by atoms with E-state index in [0.717, 1.165) is 12.8 Å². The van der Waals surface area contributed by atoms with Crippen molar-refractivity contribution < 1.29 is 0 Å². The Labute approximate surface area is 51.9 Å². The molecule has 0 unspecified atom stereocenters. The normalized spacial score (nSPS) is 11.8. The van der Waals surface area contributed by atoms with Gasteiger partial charge in [0.1, 0.15) is 0 Å². The number of hydrogen-bond acceptors (Lipinski definition) is 0. The molecule has 0 amide bonds. The quantitative estimate of drug-likeness (QED) is 0.489. The van der Waals surface area contributed by atoms with Gasteiger partial charge in [-0.1, -0.05) is 31.2 Å². The molecule has 0 heteroatoms. The van der Waals surface area contributed by atoms with Crippen LogP contribution in [0.3, 0.4) is 0 Å². The van der Waals surface area contributed by atoms with Gasteiger partial charge in [0.2, 0.25) is 0 Å². The standard InChI is InChI=1S/C8H13/c1-3-5-7-8-6-4-2/h3,5-6,8H,1,4,7H2,2H3/b5-3+,8-6+. The molecular weight excluding hydrogens is 96.1 g/mol. The van der Waals surface area contributed by atoms with E-state index in [0.29, 0.717) is 0 Å². The van der Waals surface area contributed by atoms with Gasteiger partial charge in [0, 0.05) is 0 Å². The van der Waals surface area contributed by atoms with E-state index >= 15 is 0 Å². The van der Waals surface area contributed by atoms with Crippen molar-refractivity contribution in [2.24, 2.45) is 0 Å². The predicted octanol–water partition coefficient (Wildman–Crippen LogP) is 2.73. The fraction of sp³-hybridized carbons (Fsp3) is 0.375. The van der Waals surface area contributed by atoms with Gasteiger partial charge in [-0.25, -0.2) is 0 Å². The molecule has 0 aromatic carbocycles. The maximum absolute atomic E-state index is 3.57. The smallest absolute Gasteiger partial charge is 0.0169 e. The summed E-state index contributed by atoms with van der Waals surface area (Å²) in [4.78, 5) is 0. The molecule has 0 aliphatic rings. The third-order valence-corrected chi connectivity index (χ3v) is 0.841. The molecule has 0 aromatic rings. The van der Waals surface area contributed by atoms with Crippen LogP contribution < -0.4 is 0 Å². The van der Waals surface area contributed by atoms with Crippen LogP contribution in [0.5, 0.6) is 0 Å². The maximum atomic E-state index is 3.57. The summed E-state index contributed by atoms with van der Waals surface area (Å²) in [7, 11) is 0. The highest BCUT2D eigenvalue weighted by molar-refractivity contribution is 4.93. The lowest BCUT2D eigenvalue weighted by Crippen LogP contribution is -1.56. The second-order valence-electron chi connectivity index (χ2n) is 1.59. The van der Waals surface area contributed by atoms with E-state index in [-0.39, 0.29) is 0 Å². The van der Waals surface area contributed by atoms with E-state index in [1.165, 1.54) is 0 Å². The molecule has 0 saturated carbocycles. The van der Waals surface area contributed by atoms with E-state index in [9.17, 15) is 0 Å². The highest BCUT2D eigenvalue weighted by atomic mass is 13.7. The van der Waals surface area contributed by atoms with Crippen LogP contribution >= 0.6 is 0 Å². The summed E-state index contributed by atoms with van der Waals surface area (Å²) in [5, 5.41) is 0. The Hall–Kier alpha value is -0.520. The molecule has 0 heterocycles. The van der Waals surface area contributed by atoms with Crippen molar-refractivity contribution in [2.45, 2.75) is 19.8 Å². The zero-order valence-corrected chi connectivity index (χ0v) is 5.43. The van der Waals surface area contributed by atoms with Gasteiger partial charge in [-0.15, -0.1) is 0 Å². The first kappa shape index (κ1) is 7.48. The second kappa shape index (κ2) is 6.48. The van der Waals surface area contributed by atoms with Crippen molar-refractivity contribution in [1.82, 2.24) is 0 Å². The summed E-state index contributed by atoms with van der Waals surface area (Å²) in [6.07, 6.45) is 10.3. The zero-order valence-electron chi connectivity index (χ0n) is 5.43. The minimum atomic E-state index is 1.03. The first-order valence-corrected chi connectivity index (χ1v) is 3.01. The predicted molar refractivity (Wildman–Crippen MR) is 38.5 cm³/mol. The second-order valence-corrected chi connectivity index (χ2v) is 1.59. The number of rotatable bonds is 3. The molecule has 0 spiro atoms. The van der Waals surface area contributed by atoms with Crippen LogP contribution in [0.25, 0.3) is 0 Å². The van der Waals surface area contributed by atoms with Crippen LogP contribution in [0.2, 0.25) is 0 Å². The van der Waals surface area contributed by atoms with Crippen molar-refractivity contribution in [3.05, 3.63) is 31.2 Å². The molecule has 0 saturated heterocycles. The molecule has 0 nitrogen and oxygen atoms in total. The lowest BCUT2D eigenvalue weighted by molar-refractivity contribution is 1.20. The molecule has 0 fully saturated rings. The largest absolute Gasteiger partial charge is 0.0885 e. The van der Waals surface area contributed by atoms with Crippen molar-refractivity contribution in [2.75, 3.05) is 0 Å². The van der Waals surface area contributed by atoms with Gasteiger partial charge in [0.05, 0.1) is 0 Å². The van der Waals surface area contributed by atoms with Crippen molar-refractivity contribution in [3.63, 3.8) is 0 Å². The fourth-order valence-corrected chi connectivity index (χ4v) is 0.438. The molecule has 0 atom stereocenters. The van der Waals surface area contributed by atoms with Gasteiger partial charge in [0.25, 0.3) is 0 Å². The molecular formula is C8H13. The molecule has 0 rings (SSSR count). The van der Waals surface area contributed by atoms with E-state index in [1.807, 2.05) is 12.2 Å². The fourth-order valence-electron chi connectivity index (χ4n) is 0.438. The van der Waals surface area contributed by atoms with Crippen LogP contribution in [0.1, 0.15) is 19.8 Å².